The summed E-state index contributed by atoms with van der Waals surface area (Å²) in [5, 5.41) is 4.96. The molecule has 1 aromatic heterocycles. The van der Waals surface area contributed by atoms with Crippen LogP contribution in [0.4, 0.5) is 0 Å². The first kappa shape index (κ1) is 16.9. The van der Waals surface area contributed by atoms with Crippen LogP contribution in [-0.2, 0) is 16.6 Å². The van der Waals surface area contributed by atoms with Crippen LogP contribution in [0.1, 0.15) is 44.9 Å². The zero-order valence-corrected chi connectivity index (χ0v) is 14.7. The standard InChI is InChI=1S/C15H26N2O2S2/c1-4-16-9-14-8-15(10-20-14)21(18,19)17-13-6-11(2)5-12(3)7-13/h8,10-13,16-17H,4-7,9H2,1-3H3. The Morgan fingerprint density at radius 3 is 2.52 bits per heavy atom. The van der Waals surface area contributed by atoms with Gasteiger partial charge in [-0.25, -0.2) is 13.1 Å². The number of sulfonamides is 1. The van der Waals surface area contributed by atoms with Crippen molar-refractivity contribution in [3.05, 3.63) is 16.3 Å². The average molecular weight is 331 g/mol. The number of rotatable bonds is 6. The first-order valence-corrected chi connectivity index (χ1v) is 10.1. The van der Waals surface area contributed by atoms with E-state index in [0.29, 0.717) is 16.7 Å². The van der Waals surface area contributed by atoms with E-state index in [4.69, 9.17) is 0 Å². The SMILES string of the molecule is CCNCc1cc(S(=O)(=O)NC2CC(C)CC(C)C2)cs1. The Hall–Kier alpha value is -0.430. The molecule has 1 saturated carbocycles. The number of nitrogens with one attached hydrogen (secondary N) is 2. The predicted octanol–water partition coefficient (Wildman–Crippen LogP) is 2.96. The molecule has 2 unspecified atom stereocenters. The maximum Gasteiger partial charge on any atom is 0.241 e. The van der Waals surface area contributed by atoms with Crippen molar-refractivity contribution in [2.24, 2.45) is 11.8 Å². The molecule has 1 aliphatic rings. The van der Waals surface area contributed by atoms with E-state index < -0.39 is 10.0 Å². The van der Waals surface area contributed by atoms with Gasteiger partial charge in [-0.05, 0) is 43.7 Å². The van der Waals surface area contributed by atoms with Gasteiger partial charge >= 0.3 is 0 Å². The molecule has 4 nitrogen and oxygen atoms in total. The van der Waals surface area contributed by atoms with Crippen molar-refractivity contribution in [2.75, 3.05) is 6.54 Å². The highest BCUT2D eigenvalue weighted by Gasteiger charge is 2.28. The smallest absolute Gasteiger partial charge is 0.241 e. The van der Waals surface area contributed by atoms with Crippen LogP contribution in [0, 0.1) is 11.8 Å². The minimum Gasteiger partial charge on any atom is -0.312 e. The van der Waals surface area contributed by atoms with Gasteiger partial charge in [-0.3, -0.25) is 0 Å². The van der Waals surface area contributed by atoms with Crippen LogP contribution in [0.3, 0.4) is 0 Å². The Balaban J connectivity index is 2.02. The van der Waals surface area contributed by atoms with Crippen molar-refractivity contribution in [3.63, 3.8) is 0 Å². The monoisotopic (exact) mass is 330 g/mol. The van der Waals surface area contributed by atoms with Crippen molar-refractivity contribution < 1.29 is 8.42 Å². The summed E-state index contributed by atoms with van der Waals surface area (Å²) in [4.78, 5) is 1.47. The van der Waals surface area contributed by atoms with E-state index in [0.717, 1.165) is 30.8 Å². The summed E-state index contributed by atoms with van der Waals surface area (Å²) in [7, 11) is -3.38. The van der Waals surface area contributed by atoms with Gasteiger partial charge in [-0.2, -0.15) is 0 Å². The molecule has 0 spiro atoms. The summed E-state index contributed by atoms with van der Waals surface area (Å²) in [6, 6.07) is 1.86. The largest absolute Gasteiger partial charge is 0.312 e. The highest BCUT2D eigenvalue weighted by molar-refractivity contribution is 7.89. The Morgan fingerprint density at radius 1 is 1.24 bits per heavy atom. The Bertz CT molecular complexity index is 544. The summed E-state index contributed by atoms with van der Waals surface area (Å²) in [5.74, 6) is 1.18. The molecule has 0 aromatic carbocycles. The van der Waals surface area contributed by atoms with Crippen LogP contribution in [0.2, 0.25) is 0 Å². The molecule has 6 heteroatoms. The molecular weight excluding hydrogens is 304 g/mol. The fourth-order valence-electron chi connectivity index (χ4n) is 3.17. The molecule has 1 aliphatic carbocycles. The van der Waals surface area contributed by atoms with E-state index in [-0.39, 0.29) is 6.04 Å². The number of hydrogen-bond donors (Lipinski definition) is 2. The topological polar surface area (TPSA) is 58.2 Å². The third-order valence-corrected chi connectivity index (χ3v) is 6.58. The summed E-state index contributed by atoms with van der Waals surface area (Å²) in [6.45, 7) is 8.06. The van der Waals surface area contributed by atoms with Gasteiger partial charge in [-0.1, -0.05) is 20.8 Å². The highest BCUT2D eigenvalue weighted by atomic mass is 32.2. The first-order chi connectivity index (χ1) is 9.90. The van der Waals surface area contributed by atoms with E-state index in [2.05, 4.69) is 23.9 Å². The Morgan fingerprint density at radius 2 is 1.90 bits per heavy atom. The summed E-state index contributed by atoms with van der Waals surface area (Å²) in [6.07, 6.45) is 3.08. The molecule has 0 aliphatic heterocycles. The average Bonchev–Trinajstić information content (AvgIpc) is 2.84. The quantitative estimate of drug-likeness (QED) is 0.843. The van der Waals surface area contributed by atoms with Gasteiger partial charge in [0.15, 0.2) is 0 Å². The van der Waals surface area contributed by atoms with E-state index in [1.165, 1.54) is 17.8 Å². The van der Waals surface area contributed by atoms with Gasteiger partial charge in [0.2, 0.25) is 10.0 Å². The second-order valence-corrected chi connectivity index (χ2v) is 8.97. The van der Waals surface area contributed by atoms with E-state index in [1.54, 1.807) is 11.4 Å². The van der Waals surface area contributed by atoms with Gasteiger partial charge in [0.05, 0.1) is 4.90 Å². The zero-order valence-electron chi connectivity index (χ0n) is 13.1. The molecule has 0 saturated heterocycles. The van der Waals surface area contributed by atoms with E-state index in [1.807, 2.05) is 6.92 Å². The Labute approximate surface area is 132 Å². The molecule has 0 bridgehead atoms. The van der Waals surface area contributed by atoms with Gasteiger partial charge in [0.25, 0.3) is 0 Å². The summed E-state index contributed by atoms with van der Waals surface area (Å²) >= 11 is 1.50. The minimum atomic E-state index is -3.38. The second kappa shape index (κ2) is 7.22. The first-order valence-electron chi connectivity index (χ1n) is 7.71. The van der Waals surface area contributed by atoms with Gasteiger partial charge in [-0.15, -0.1) is 11.3 Å². The molecule has 0 amide bonds. The van der Waals surface area contributed by atoms with Crippen molar-refractivity contribution in [2.45, 2.75) is 57.5 Å². The van der Waals surface area contributed by atoms with Crippen LogP contribution < -0.4 is 10.0 Å². The molecule has 21 heavy (non-hydrogen) atoms. The molecule has 1 fully saturated rings. The van der Waals surface area contributed by atoms with Crippen molar-refractivity contribution in [1.82, 2.24) is 10.0 Å². The van der Waals surface area contributed by atoms with E-state index in [9.17, 15) is 8.42 Å². The number of hydrogen-bond acceptors (Lipinski definition) is 4. The van der Waals surface area contributed by atoms with Gasteiger partial charge in [0, 0.05) is 22.8 Å². The Kier molecular flexibility index (Phi) is 5.82. The van der Waals surface area contributed by atoms with Crippen LogP contribution in [0.5, 0.6) is 0 Å². The third kappa shape index (κ3) is 4.77. The molecule has 2 rings (SSSR count). The van der Waals surface area contributed by atoms with Crippen LogP contribution in [-0.4, -0.2) is 21.0 Å². The fraction of sp³-hybridized carbons (Fsp3) is 0.733. The lowest BCUT2D eigenvalue weighted by Gasteiger charge is -2.31. The van der Waals surface area contributed by atoms with Gasteiger partial charge < -0.3 is 5.32 Å². The summed E-state index contributed by atoms with van der Waals surface area (Å²) in [5.41, 5.74) is 0. The second-order valence-electron chi connectivity index (χ2n) is 6.26. The fourth-order valence-corrected chi connectivity index (χ4v) is 5.68. The molecule has 2 N–H and O–H groups in total. The van der Waals surface area contributed by atoms with Gasteiger partial charge in [0.1, 0.15) is 0 Å². The molecule has 0 radical (unpaired) electrons. The lowest BCUT2D eigenvalue weighted by atomic mass is 9.81. The van der Waals surface area contributed by atoms with Crippen molar-refractivity contribution >= 4 is 21.4 Å². The predicted molar refractivity (Wildman–Crippen MR) is 88.0 cm³/mol. The molecule has 2 atom stereocenters. The molecular formula is C15H26N2O2S2. The zero-order chi connectivity index (χ0) is 15.5. The van der Waals surface area contributed by atoms with Crippen LogP contribution in [0.15, 0.2) is 16.3 Å². The van der Waals surface area contributed by atoms with Crippen molar-refractivity contribution in [3.8, 4) is 0 Å². The molecule has 120 valence electrons. The third-order valence-electron chi connectivity index (χ3n) is 3.99. The number of thiophene rings is 1. The summed E-state index contributed by atoms with van der Waals surface area (Å²) < 4.78 is 27.9. The molecule has 1 heterocycles. The lowest BCUT2D eigenvalue weighted by Crippen LogP contribution is -2.39. The minimum absolute atomic E-state index is 0.0749. The maximum absolute atomic E-state index is 12.5. The van der Waals surface area contributed by atoms with E-state index >= 15 is 0 Å². The lowest BCUT2D eigenvalue weighted by molar-refractivity contribution is 0.257. The normalized spacial score (nSPS) is 26.9. The highest BCUT2D eigenvalue weighted by Crippen LogP contribution is 2.29. The maximum atomic E-state index is 12.5. The molecule has 1 aromatic rings. The van der Waals surface area contributed by atoms with Crippen molar-refractivity contribution in [1.29, 1.82) is 0 Å². The van der Waals surface area contributed by atoms with Crippen LogP contribution >= 0.6 is 11.3 Å². The van der Waals surface area contributed by atoms with Crippen LogP contribution in [0.25, 0.3) is 0 Å².